The number of fused-ring (bicyclic) bond motifs is 2. The highest BCUT2D eigenvalue weighted by atomic mass is 35.5. The Morgan fingerprint density at radius 2 is 1.94 bits per heavy atom. The van der Waals surface area contributed by atoms with E-state index in [2.05, 4.69) is 4.90 Å². The molecule has 90 valence electrons. The van der Waals surface area contributed by atoms with Crippen molar-refractivity contribution in [3.8, 4) is 0 Å². The van der Waals surface area contributed by atoms with Crippen molar-refractivity contribution < 1.29 is 4.79 Å². The predicted molar refractivity (Wildman–Crippen MR) is 75.5 cm³/mol. The van der Waals surface area contributed by atoms with E-state index >= 15 is 0 Å². The van der Waals surface area contributed by atoms with Gasteiger partial charge in [-0.1, -0.05) is 23.4 Å². The average molecular weight is 276 g/mol. The van der Waals surface area contributed by atoms with Crippen LogP contribution in [0.4, 0.5) is 11.4 Å². The van der Waals surface area contributed by atoms with Gasteiger partial charge < -0.3 is 4.90 Å². The van der Waals surface area contributed by atoms with Gasteiger partial charge in [0.2, 0.25) is 0 Å². The highest BCUT2D eigenvalue weighted by molar-refractivity contribution is 7.99. The van der Waals surface area contributed by atoms with Gasteiger partial charge >= 0.3 is 0 Å². The Hall–Kier alpha value is -1.45. The quantitative estimate of drug-likeness (QED) is 0.720. The molecule has 0 aliphatic carbocycles. The molecule has 0 saturated carbocycles. The van der Waals surface area contributed by atoms with Crippen LogP contribution in [0, 0.1) is 0 Å². The first-order valence-corrected chi connectivity index (χ1v) is 6.69. The molecule has 0 bridgehead atoms. The third-order valence-electron chi connectivity index (χ3n) is 2.98. The first-order valence-electron chi connectivity index (χ1n) is 5.49. The Morgan fingerprint density at radius 1 is 1.11 bits per heavy atom. The van der Waals surface area contributed by atoms with Crippen LogP contribution < -0.4 is 4.90 Å². The summed E-state index contributed by atoms with van der Waals surface area (Å²) in [5.74, 6) is 0. The van der Waals surface area contributed by atoms with E-state index in [4.69, 9.17) is 11.6 Å². The lowest BCUT2D eigenvalue weighted by atomic mass is 10.2. The van der Waals surface area contributed by atoms with Gasteiger partial charge in [-0.25, -0.2) is 0 Å². The van der Waals surface area contributed by atoms with Gasteiger partial charge in [-0.15, -0.1) is 0 Å². The summed E-state index contributed by atoms with van der Waals surface area (Å²) in [5.41, 5.74) is 2.89. The van der Waals surface area contributed by atoms with Crippen molar-refractivity contribution in [2.75, 3.05) is 11.9 Å². The zero-order valence-electron chi connectivity index (χ0n) is 9.68. The second kappa shape index (κ2) is 4.34. The van der Waals surface area contributed by atoms with E-state index in [1.54, 1.807) is 11.8 Å². The molecule has 3 rings (SSSR count). The Kier molecular flexibility index (Phi) is 2.80. The number of halogens is 1. The second-order valence-electron chi connectivity index (χ2n) is 4.12. The topological polar surface area (TPSA) is 20.3 Å². The summed E-state index contributed by atoms with van der Waals surface area (Å²) in [5, 5.41) is 0.731. The maximum atomic E-state index is 10.8. The lowest BCUT2D eigenvalue weighted by Gasteiger charge is -2.29. The third kappa shape index (κ3) is 1.80. The minimum atomic E-state index is 0.701. The lowest BCUT2D eigenvalue weighted by molar-refractivity contribution is 0.112. The molecule has 0 N–H and O–H groups in total. The Balaban J connectivity index is 2.15. The molecule has 1 aliphatic rings. The summed E-state index contributed by atoms with van der Waals surface area (Å²) >= 11 is 7.70. The van der Waals surface area contributed by atoms with Gasteiger partial charge in [0.1, 0.15) is 6.29 Å². The van der Waals surface area contributed by atoms with Crippen LogP contribution in [0.3, 0.4) is 0 Å². The standard InChI is InChI=1S/C14H10ClNOS/c1-16-11-4-2-9(8-17)6-14(11)18-13-5-3-10(15)7-12(13)16/h2-8H,1H3. The van der Waals surface area contributed by atoms with E-state index in [1.165, 1.54) is 0 Å². The summed E-state index contributed by atoms with van der Waals surface area (Å²) in [4.78, 5) is 15.2. The highest BCUT2D eigenvalue weighted by Crippen LogP contribution is 2.48. The second-order valence-corrected chi connectivity index (χ2v) is 5.64. The van der Waals surface area contributed by atoms with E-state index < -0.39 is 0 Å². The molecule has 4 heteroatoms. The van der Waals surface area contributed by atoms with Gasteiger partial charge in [-0.2, -0.15) is 0 Å². The number of carbonyl (C=O) groups excluding carboxylic acids is 1. The van der Waals surface area contributed by atoms with Crippen molar-refractivity contribution in [1.29, 1.82) is 0 Å². The van der Waals surface area contributed by atoms with Crippen LogP contribution in [0.2, 0.25) is 5.02 Å². The molecule has 0 atom stereocenters. The molecule has 0 spiro atoms. The first-order chi connectivity index (χ1) is 8.69. The van der Waals surface area contributed by atoms with E-state index in [-0.39, 0.29) is 0 Å². The largest absolute Gasteiger partial charge is 0.343 e. The number of rotatable bonds is 1. The molecule has 1 heterocycles. The molecule has 2 aromatic carbocycles. The SMILES string of the molecule is CN1c2ccc(C=O)cc2Sc2ccc(Cl)cc21. The van der Waals surface area contributed by atoms with Crippen molar-refractivity contribution >= 4 is 41.0 Å². The lowest BCUT2D eigenvalue weighted by Crippen LogP contribution is -2.14. The van der Waals surface area contributed by atoms with E-state index in [9.17, 15) is 4.79 Å². The van der Waals surface area contributed by atoms with Crippen LogP contribution in [0.15, 0.2) is 46.2 Å². The fraction of sp³-hybridized carbons (Fsp3) is 0.0714. The summed E-state index contributed by atoms with van der Waals surface area (Å²) in [6.45, 7) is 0. The molecule has 1 aliphatic heterocycles. The van der Waals surface area contributed by atoms with Crippen LogP contribution in [0.25, 0.3) is 0 Å². The molecule has 0 unspecified atom stereocenters. The highest BCUT2D eigenvalue weighted by Gasteiger charge is 2.20. The van der Waals surface area contributed by atoms with Gasteiger partial charge in [0, 0.05) is 27.4 Å². The van der Waals surface area contributed by atoms with Gasteiger partial charge in [-0.05, 0) is 36.4 Å². The van der Waals surface area contributed by atoms with Crippen molar-refractivity contribution in [1.82, 2.24) is 0 Å². The number of benzene rings is 2. The monoisotopic (exact) mass is 275 g/mol. The zero-order chi connectivity index (χ0) is 12.7. The minimum Gasteiger partial charge on any atom is -0.343 e. The van der Waals surface area contributed by atoms with Gasteiger partial charge in [-0.3, -0.25) is 4.79 Å². The molecular weight excluding hydrogens is 266 g/mol. The van der Waals surface area contributed by atoms with Crippen LogP contribution in [-0.4, -0.2) is 13.3 Å². The number of hydrogen-bond acceptors (Lipinski definition) is 3. The number of aldehydes is 1. The van der Waals surface area contributed by atoms with Crippen molar-refractivity contribution in [2.24, 2.45) is 0 Å². The molecule has 18 heavy (non-hydrogen) atoms. The number of nitrogens with zero attached hydrogens (tertiary/aromatic N) is 1. The number of anilines is 2. The van der Waals surface area contributed by atoms with Crippen molar-refractivity contribution in [3.63, 3.8) is 0 Å². The van der Waals surface area contributed by atoms with Crippen LogP contribution in [0.1, 0.15) is 10.4 Å². The van der Waals surface area contributed by atoms with Crippen LogP contribution in [-0.2, 0) is 0 Å². The van der Waals surface area contributed by atoms with Gasteiger partial charge in [0.05, 0.1) is 11.4 Å². The van der Waals surface area contributed by atoms with Gasteiger partial charge in [0.15, 0.2) is 0 Å². The maximum Gasteiger partial charge on any atom is 0.150 e. The number of hydrogen-bond donors (Lipinski definition) is 0. The Morgan fingerprint density at radius 3 is 2.72 bits per heavy atom. The zero-order valence-corrected chi connectivity index (χ0v) is 11.3. The Labute approximate surface area is 115 Å². The fourth-order valence-electron chi connectivity index (χ4n) is 2.05. The van der Waals surface area contributed by atoms with E-state index in [1.807, 2.05) is 43.4 Å². The summed E-state index contributed by atoms with van der Waals surface area (Å²) in [6, 6.07) is 11.6. The molecule has 0 fully saturated rings. The molecule has 0 saturated heterocycles. The van der Waals surface area contributed by atoms with Crippen molar-refractivity contribution in [2.45, 2.75) is 9.79 Å². The van der Waals surface area contributed by atoms with Crippen LogP contribution in [0.5, 0.6) is 0 Å². The third-order valence-corrected chi connectivity index (χ3v) is 4.33. The number of carbonyl (C=O) groups is 1. The first kappa shape index (κ1) is 11.6. The predicted octanol–water partition coefficient (Wildman–Crippen LogP) is 4.39. The molecule has 2 aromatic rings. The molecule has 0 amide bonds. The van der Waals surface area contributed by atoms with Crippen LogP contribution >= 0.6 is 23.4 Å². The summed E-state index contributed by atoms with van der Waals surface area (Å²) in [7, 11) is 2.01. The summed E-state index contributed by atoms with van der Waals surface area (Å²) < 4.78 is 0. The van der Waals surface area contributed by atoms with Gasteiger partial charge in [0.25, 0.3) is 0 Å². The normalized spacial score (nSPS) is 12.9. The fourth-order valence-corrected chi connectivity index (χ4v) is 3.39. The van der Waals surface area contributed by atoms with Crippen molar-refractivity contribution in [3.05, 3.63) is 47.0 Å². The van der Waals surface area contributed by atoms with E-state index in [0.717, 1.165) is 32.5 Å². The summed E-state index contributed by atoms with van der Waals surface area (Å²) in [6.07, 6.45) is 0.873. The molecule has 2 nitrogen and oxygen atoms in total. The maximum absolute atomic E-state index is 10.8. The average Bonchev–Trinajstić information content (AvgIpc) is 2.39. The smallest absolute Gasteiger partial charge is 0.150 e. The molecule has 0 radical (unpaired) electrons. The van der Waals surface area contributed by atoms with E-state index in [0.29, 0.717) is 5.56 Å². The molecular formula is C14H10ClNOS. The Bertz CT molecular complexity index is 642. The minimum absolute atomic E-state index is 0.701. The molecule has 0 aromatic heterocycles.